The number of hydrogen-bond acceptors (Lipinski definition) is 14. The van der Waals surface area contributed by atoms with Crippen LogP contribution in [0.1, 0.15) is 51.5 Å². The van der Waals surface area contributed by atoms with E-state index in [1.54, 1.807) is 65.4 Å². The zero-order valence-corrected chi connectivity index (χ0v) is 37.5. The van der Waals surface area contributed by atoms with Crippen molar-refractivity contribution in [1.29, 1.82) is 10.8 Å². The molecule has 0 saturated heterocycles. The number of aliphatic hydroxyl groups is 1. The van der Waals surface area contributed by atoms with Crippen molar-refractivity contribution in [3.63, 3.8) is 0 Å². The molecule has 0 spiro atoms. The number of para-hydroxylation sites is 1. The minimum Gasteiger partial charge on any atom is -0.481 e. The van der Waals surface area contributed by atoms with Crippen molar-refractivity contribution >= 4 is 80.9 Å². The van der Waals surface area contributed by atoms with E-state index in [-0.39, 0.29) is 57.1 Å². The predicted molar refractivity (Wildman–Crippen MR) is 242 cm³/mol. The number of carbonyl (C=O) groups excluding carboxylic acids is 7. The van der Waals surface area contributed by atoms with Gasteiger partial charge < -0.3 is 69.0 Å². The van der Waals surface area contributed by atoms with Crippen molar-refractivity contribution in [2.75, 3.05) is 32.0 Å². The summed E-state index contributed by atoms with van der Waals surface area (Å²) in [4.78, 5) is 105. The lowest BCUT2D eigenvalue weighted by molar-refractivity contribution is -0.141. The number of ether oxygens (including phenoxy) is 1. The predicted octanol–water partition coefficient (Wildman–Crippen LogP) is -1.85. The molecule has 16 N–H and O–H groups in total. The van der Waals surface area contributed by atoms with Gasteiger partial charge in [0.1, 0.15) is 36.0 Å². The summed E-state index contributed by atoms with van der Waals surface area (Å²) < 4.78 is 5.72. The number of rotatable bonds is 29. The van der Waals surface area contributed by atoms with E-state index >= 15 is 0 Å². The largest absolute Gasteiger partial charge is 0.481 e. The maximum Gasteiger partial charge on any atom is 0.334 e. The highest BCUT2D eigenvalue weighted by atomic mass is 33.1. The quantitative estimate of drug-likeness (QED) is 0.0106. The number of aliphatic carboxylic acids is 1. The molecule has 6 amide bonds. The average Bonchev–Trinajstić information content (AvgIpc) is 3.25. The van der Waals surface area contributed by atoms with E-state index in [4.69, 9.17) is 27.0 Å². The summed E-state index contributed by atoms with van der Waals surface area (Å²) in [5, 5.41) is 53.6. The third kappa shape index (κ3) is 22.0. The molecule has 0 fully saturated rings. The SMILES string of the molecule is CCSSc1ccccc1OC(=O)[C@H](Cc1ccccc1)NC(=O)CNC(=O)[C@H](CO)NC(=O)[C@H](CCCNC(=N)N)NC(=O)C(CC(=O)O)NC(=O)[C@H](CCCNC(=N)N)NC(C)=O. The fraction of sp³-hybridized carbons (Fsp3) is 0.450. The Kier molecular flexibility index (Phi) is 24.9. The second-order valence-electron chi connectivity index (χ2n) is 14.1. The molecule has 0 saturated carbocycles. The van der Waals surface area contributed by atoms with Crippen molar-refractivity contribution in [2.45, 2.75) is 87.5 Å². The molecule has 2 aromatic rings. The van der Waals surface area contributed by atoms with Gasteiger partial charge in [-0.05, 0) is 43.4 Å². The molecule has 0 aliphatic heterocycles. The Morgan fingerprint density at radius 3 is 1.78 bits per heavy atom. The van der Waals surface area contributed by atoms with E-state index in [9.17, 15) is 48.6 Å². The second-order valence-corrected chi connectivity index (χ2v) is 16.7. The highest BCUT2D eigenvalue weighted by Crippen LogP contribution is 2.37. The summed E-state index contributed by atoms with van der Waals surface area (Å²) in [7, 11) is 2.97. The lowest BCUT2D eigenvalue weighted by Gasteiger charge is -2.26. The van der Waals surface area contributed by atoms with E-state index in [1.165, 1.54) is 10.8 Å². The zero-order chi connectivity index (χ0) is 48.3. The molecule has 0 aliphatic carbocycles. The number of esters is 1. The van der Waals surface area contributed by atoms with E-state index in [2.05, 4.69) is 42.5 Å². The number of carbonyl (C=O) groups is 8. The van der Waals surface area contributed by atoms with Gasteiger partial charge in [-0.15, -0.1) is 0 Å². The molecule has 2 aromatic carbocycles. The van der Waals surface area contributed by atoms with Gasteiger partial charge in [0.15, 0.2) is 11.9 Å². The summed E-state index contributed by atoms with van der Waals surface area (Å²) in [6.45, 7) is 1.64. The van der Waals surface area contributed by atoms with Gasteiger partial charge in [-0.25, -0.2) is 4.79 Å². The first kappa shape index (κ1) is 54.5. The average molecular weight is 947 g/mol. The summed E-state index contributed by atoms with van der Waals surface area (Å²) >= 11 is 0. The Bertz CT molecular complexity index is 1960. The summed E-state index contributed by atoms with van der Waals surface area (Å²) in [5.41, 5.74) is 11.3. The standard InChI is InChI=1S/C40H58N12O11S2/c1-3-64-65-31-16-8-7-15-30(31)63-38(62)28(19-24-11-5-4-6-12-24)49-32(55)21-47-34(58)29(22-53)52-36(60)26(14-10-18-46-40(43)44)50-37(61)27(20-33(56)57)51-35(59)25(48-23(2)54)13-9-17-45-39(41)42/h4-8,11-12,15-16,25-29,53H,3,9-10,13-14,17-22H2,1-2H3,(H,47,58)(H,48,54)(H,49,55)(H,50,61)(H,51,59)(H,52,60)(H,56,57)(H4,41,42,45)(H4,43,44,46)/t25-,26-,27?,28-,29-/m0/s1. The first-order valence-corrected chi connectivity index (χ1v) is 22.6. The fourth-order valence-corrected chi connectivity index (χ4v) is 7.44. The maximum atomic E-state index is 13.6. The number of nitrogens with one attached hydrogen (secondary N) is 10. The molecular formula is C40H58N12O11S2. The van der Waals surface area contributed by atoms with Crippen LogP contribution in [0, 0.1) is 10.8 Å². The van der Waals surface area contributed by atoms with Gasteiger partial charge in [-0.1, -0.05) is 71.0 Å². The number of amides is 6. The lowest BCUT2D eigenvalue weighted by Crippen LogP contribution is -2.59. The smallest absolute Gasteiger partial charge is 0.334 e. The third-order valence-corrected chi connectivity index (χ3v) is 11.2. The number of aliphatic hydroxyl groups excluding tert-OH is 1. The Hall–Kier alpha value is -6.60. The highest BCUT2D eigenvalue weighted by Gasteiger charge is 2.33. The molecule has 1 unspecified atom stereocenters. The fourth-order valence-electron chi connectivity index (χ4n) is 5.72. The maximum absolute atomic E-state index is 13.6. The number of guanidine groups is 2. The number of benzene rings is 2. The molecule has 0 radical (unpaired) electrons. The van der Waals surface area contributed by atoms with Crippen molar-refractivity contribution < 1.29 is 53.3 Å². The Morgan fingerprint density at radius 1 is 0.692 bits per heavy atom. The van der Waals surface area contributed by atoms with Crippen LogP contribution in [-0.4, -0.2) is 132 Å². The van der Waals surface area contributed by atoms with E-state index < -0.39 is 97.2 Å². The monoisotopic (exact) mass is 946 g/mol. The molecule has 25 heteroatoms. The molecule has 23 nitrogen and oxygen atoms in total. The molecule has 0 heterocycles. The van der Waals surface area contributed by atoms with E-state index in [0.29, 0.717) is 16.2 Å². The van der Waals surface area contributed by atoms with Gasteiger partial charge in [0.2, 0.25) is 35.4 Å². The molecule has 0 bridgehead atoms. The van der Waals surface area contributed by atoms with Crippen LogP contribution in [0.15, 0.2) is 59.5 Å². The summed E-state index contributed by atoms with van der Waals surface area (Å²) in [6.07, 6.45) is -0.792. The minimum absolute atomic E-state index is 0.00124. The number of nitrogens with two attached hydrogens (primary N) is 2. The van der Waals surface area contributed by atoms with Crippen LogP contribution < -0.4 is 58.7 Å². The third-order valence-electron chi connectivity index (χ3n) is 8.78. The van der Waals surface area contributed by atoms with Gasteiger partial charge in [0.05, 0.1) is 24.5 Å². The topological polar surface area (TPSA) is 382 Å². The molecule has 0 aromatic heterocycles. The first-order valence-electron chi connectivity index (χ1n) is 20.3. The molecule has 356 valence electrons. The Labute approximate surface area is 383 Å². The van der Waals surface area contributed by atoms with Gasteiger partial charge in [-0.2, -0.15) is 0 Å². The van der Waals surface area contributed by atoms with Gasteiger partial charge in [-0.3, -0.25) is 44.4 Å². The normalized spacial score (nSPS) is 12.9. The summed E-state index contributed by atoms with van der Waals surface area (Å²) in [5.74, 6) is -7.43. The zero-order valence-electron chi connectivity index (χ0n) is 35.9. The lowest BCUT2D eigenvalue weighted by atomic mass is 10.1. The molecule has 0 aliphatic rings. The number of hydrogen-bond donors (Lipinski definition) is 14. The van der Waals surface area contributed by atoms with Crippen molar-refractivity contribution in [3.8, 4) is 5.75 Å². The molecule has 2 rings (SSSR count). The second kappa shape index (κ2) is 29.7. The van der Waals surface area contributed by atoms with Crippen LogP contribution >= 0.6 is 21.6 Å². The molecular weight excluding hydrogens is 889 g/mol. The van der Waals surface area contributed by atoms with Crippen LogP contribution in [0.4, 0.5) is 0 Å². The van der Waals surface area contributed by atoms with Gasteiger partial charge in [0.25, 0.3) is 0 Å². The van der Waals surface area contributed by atoms with E-state index in [0.717, 1.165) is 12.7 Å². The van der Waals surface area contributed by atoms with Crippen molar-refractivity contribution in [2.24, 2.45) is 11.5 Å². The van der Waals surface area contributed by atoms with Crippen LogP contribution in [-0.2, 0) is 44.8 Å². The Balaban J connectivity index is 2.20. The Morgan fingerprint density at radius 2 is 1.23 bits per heavy atom. The highest BCUT2D eigenvalue weighted by molar-refractivity contribution is 8.76. The molecule has 5 atom stereocenters. The number of carboxylic acids is 1. The van der Waals surface area contributed by atoms with Crippen LogP contribution in [0.2, 0.25) is 0 Å². The van der Waals surface area contributed by atoms with E-state index in [1.807, 2.05) is 6.92 Å². The number of carboxylic acid groups (broad SMARTS) is 1. The molecule has 65 heavy (non-hydrogen) atoms. The van der Waals surface area contributed by atoms with Gasteiger partial charge >= 0.3 is 11.9 Å². The van der Waals surface area contributed by atoms with Gasteiger partial charge in [0, 0.05) is 32.2 Å². The van der Waals surface area contributed by atoms with Crippen molar-refractivity contribution in [3.05, 3.63) is 60.2 Å². The van der Waals surface area contributed by atoms with Crippen LogP contribution in [0.3, 0.4) is 0 Å². The summed E-state index contributed by atoms with van der Waals surface area (Å²) in [6, 6.07) is 8.31. The van der Waals surface area contributed by atoms with Crippen molar-refractivity contribution in [1.82, 2.24) is 42.5 Å². The van der Waals surface area contributed by atoms with Crippen LogP contribution in [0.5, 0.6) is 5.75 Å². The minimum atomic E-state index is -1.77. The first-order chi connectivity index (χ1) is 30.9. The van der Waals surface area contributed by atoms with Crippen LogP contribution in [0.25, 0.3) is 0 Å².